The molecule has 1 rings (SSSR count). The number of rotatable bonds is 3. The van der Waals surface area contributed by atoms with Crippen LogP contribution < -0.4 is 0 Å². The number of carbonyl (C=O) groups is 1. The van der Waals surface area contributed by atoms with Crippen molar-refractivity contribution in [3.05, 3.63) is 29.8 Å². The van der Waals surface area contributed by atoms with E-state index in [1.54, 1.807) is 6.07 Å². The van der Waals surface area contributed by atoms with E-state index in [1.807, 2.05) is 0 Å². The molecule has 0 unspecified atom stereocenters. The van der Waals surface area contributed by atoms with Crippen molar-refractivity contribution in [2.75, 3.05) is 12.9 Å². The molecule has 1 aromatic rings. The van der Waals surface area contributed by atoms with Crippen LogP contribution in [0.15, 0.2) is 29.2 Å². The summed E-state index contributed by atoms with van der Waals surface area (Å²) < 4.78 is 27.8. The van der Waals surface area contributed by atoms with Crippen LogP contribution in [0, 0.1) is 11.3 Å². The van der Waals surface area contributed by atoms with E-state index < -0.39 is 21.6 Å². The van der Waals surface area contributed by atoms with E-state index in [1.165, 1.54) is 24.3 Å². The highest BCUT2D eigenvalue weighted by molar-refractivity contribution is 7.91. The van der Waals surface area contributed by atoms with Crippen molar-refractivity contribution >= 4 is 15.8 Å². The van der Waals surface area contributed by atoms with Gasteiger partial charge in [-0.05, 0) is 12.1 Å². The first-order valence-corrected chi connectivity index (χ1v) is 5.95. The molecule has 0 saturated heterocycles. The highest BCUT2D eigenvalue weighted by atomic mass is 32.2. The Morgan fingerprint density at radius 1 is 1.44 bits per heavy atom. The number of nitriles is 1. The number of carbonyl (C=O) groups excluding carboxylic acids is 1. The fourth-order valence-corrected chi connectivity index (χ4v) is 2.28. The maximum atomic E-state index is 11.6. The molecule has 6 heteroatoms. The van der Waals surface area contributed by atoms with Gasteiger partial charge in [0.25, 0.3) is 0 Å². The third kappa shape index (κ3) is 2.38. The highest BCUT2D eigenvalue weighted by Gasteiger charge is 2.22. The number of benzene rings is 1. The van der Waals surface area contributed by atoms with Gasteiger partial charge in [-0.3, -0.25) is 0 Å². The summed E-state index contributed by atoms with van der Waals surface area (Å²) in [6, 6.07) is 7.18. The van der Waals surface area contributed by atoms with Crippen LogP contribution in [0.25, 0.3) is 0 Å². The van der Waals surface area contributed by atoms with Crippen LogP contribution >= 0.6 is 0 Å². The Balaban J connectivity index is 3.36. The maximum Gasteiger partial charge on any atom is 0.339 e. The summed E-state index contributed by atoms with van der Waals surface area (Å²) in [5, 5.41) is 8.40. The molecule has 0 spiro atoms. The van der Waals surface area contributed by atoms with Crippen LogP contribution in [0.4, 0.5) is 0 Å². The van der Waals surface area contributed by atoms with Crippen molar-refractivity contribution < 1.29 is 17.9 Å². The quantitative estimate of drug-likeness (QED) is 0.727. The summed E-state index contributed by atoms with van der Waals surface area (Å²) in [7, 11) is -2.60. The van der Waals surface area contributed by atoms with E-state index in [9.17, 15) is 13.2 Å². The smallest absolute Gasteiger partial charge is 0.339 e. The second-order valence-corrected chi connectivity index (χ2v) is 4.86. The Bertz CT molecular complexity index is 542. The van der Waals surface area contributed by atoms with Gasteiger partial charge in [0.1, 0.15) is 5.75 Å². The number of sulfone groups is 1. The molecule has 5 nitrogen and oxygen atoms in total. The van der Waals surface area contributed by atoms with Crippen molar-refractivity contribution in [1.82, 2.24) is 0 Å². The van der Waals surface area contributed by atoms with E-state index in [4.69, 9.17) is 5.26 Å². The number of methoxy groups -OCH3 is 1. The van der Waals surface area contributed by atoms with Gasteiger partial charge in [0.05, 0.1) is 23.6 Å². The molecule has 0 saturated carbocycles. The summed E-state index contributed by atoms with van der Waals surface area (Å²) in [6.07, 6.45) is 0. The number of ether oxygens (including phenoxy) is 1. The fraction of sp³-hybridized carbons (Fsp3) is 0.200. The van der Waals surface area contributed by atoms with Gasteiger partial charge >= 0.3 is 5.97 Å². The fourth-order valence-electron chi connectivity index (χ4n) is 1.18. The van der Waals surface area contributed by atoms with Crippen molar-refractivity contribution in [1.29, 1.82) is 5.26 Å². The average Bonchev–Trinajstić information content (AvgIpc) is 2.28. The summed E-state index contributed by atoms with van der Waals surface area (Å²) in [5.74, 6) is -1.40. The predicted octanol–water partition coefficient (Wildman–Crippen LogP) is 0.770. The van der Waals surface area contributed by atoms with Crippen LogP contribution in [0.1, 0.15) is 10.4 Å². The number of hydrogen-bond donors (Lipinski definition) is 0. The van der Waals surface area contributed by atoms with Gasteiger partial charge in [0.15, 0.2) is 9.84 Å². The van der Waals surface area contributed by atoms with Crippen molar-refractivity contribution in [3.63, 3.8) is 0 Å². The van der Waals surface area contributed by atoms with Crippen LogP contribution in [0.5, 0.6) is 0 Å². The molecule has 0 amide bonds. The lowest BCUT2D eigenvalue weighted by Crippen LogP contribution is -2.12. The lowest BCUT2D eigenvalue weighted by molar-refractivity contribution is 0.0596. The zero-order valence-electron chi connectivity index (χ0n) is 8.50. The maximum absolute atomic E-state index is 11.6. The first-order valence-electron chi connectivity index (χ1n) is 4.30. The largest absolute Gasteiger partial charge is 0.465 e. The van der Waals surface area contributed by atoms with Gasteiger partial charge in [-0.15, -0.1) is 0 Å². The molecule has 0 aliphatic carbocycles. The molecule has 0 aliphatic rings. The van der Waals surface area contributed by atoms with Crippen molar-refractivity contribution in [3.8, 4) is 6.07 Å². The molecule has 0 atom stereocenters. The summed E-state index contributed by atoms with van der Waals surface area (Å²) in [6.45, 7) is 0. The Morgan fingerprint density at radius 3 is 2.62 bits per heavy atom. The number of nitrogens with zero attached hydrogens (tertiary/aromatic N) is 1. The molecule has 0 fully saturated rings. The Hall–Kier alpha value is -1.87. The molecule has 0 N–H and O–H groups in total. The average molecular weight is 239 g/mol. The van der Waals surface area contributed by atoms with E-state index >= 15 is 0 Å². The predicted molar refractivity (Wildman–Crippen MR) is 55.4 cm³/mol. The summed E-state index contributed by atoms with van der Waals surface area (Å²) in [5.41, 5.74) is -0.0553. The second kappa shape index (κ2) is 4.77. The minimum Gasteiger partial charge on any atom is -0.465 e. The molecular weight excluding hydrogens is 230 g/mol. The van der Waals surface area contributed by atoms with Crippen molar-refractivity contribution in [2.24, 2.45) is 0 Å². The molecule has 84 valence electrons. The van der Waals surface area contributed by atoms with E-state index in [0.717, 1.165) is 7.11 Å². The van der Waals surface area contributed by atoms with Crippen LogP contribution in [-0.2, 0) is 14.6 Å². The summed E-state index contributed by atoms with van der Waals surface area (Å²) in [4.78, 5) is 11.1. The second-order valence-electron chi connectivity index (χ2n) is 2.90. The third-order valence-electron chi connectivity index (χ3n) is 1.88. The van der Waals surface area contributed by atoms with E-state index in [-0.39, 0.29) is 10.5 Å². The number of esters is 1. The molecule has 1 aromatic carbocycles. The lowest BCUT2D eigenvalue weighted by Gasteiger charge is -2.05. The molecule has 16 heavy (non-hydrogen) atoms. The van der Waals surface area contributed by atoms with Crippen LogP contribution in [0.3, 0.4) is 0 Å². The van der Waals surface area contributed by atoms with Crippen LogP contribution in [-0.4, -0.2) is 27.2 Å². The highest BCUT2D eigenvalue weighted by Crippen LogP contribution is 2.17. The lowest BCUT2D eigenvalue weighted by atomic mass is 10.2. The minimum atomic E-state index is -3.76. The first kappa shape index (κ1) is 12.2. The Morgan fingerprint density at radius 2 is 2.06 bits per heavy atom. The molecule has 0 heterocycles. The van der Waals surface area contributed by atoms with Gasteiger partial charge < -0.3 is 4.74 Å². The summed E-state index contributed by atoms with van der Waals surface area (Å²) >= 11 is 0. The van der Waals surface area contributed by atoms with Gasteiger partial charge in [0, 0.05) is 0 Å². The van der Waals surface area contributed by atoms with Gasteiger partial charge in [0.2, 0.25) is 0 Å². The van der Waals surface area contributed by atoms with Gasteiger partial charge in [-0.25, -0.2) is 13.2 Å². The standard InChI is InChI=1S/C10H9NO4S/c1-15-10(12)8-4-2-3-5-9(8)16(13,14)7-6-11/h2-5H,7H2,1H3. The zero-order valence-corrected chi connectivity index (χ0v) is 9.32. The number of hydrogen-bond acceptors (Lipinski definition) is 5. The SMILES string of the molecule is COC(=O)c1ccccc1S(=O)(=O)CC#N. The monoisotopic (exact) mass is 239 g/mol. The van der Waals surface area contributed by atoms with Crippen LogP contribution in [0.2, 0.25) is 0 Å². The normalized spacial score (nSPS) is 10.5. The zero-order chi connectivity index (χ0) is 12.2. The molecule has 0 radical (unpaired) electrons. The van der Waals surface area contributed by atoms with Crippen molar-refractivity contribution in [2.45, 2.75) is 4.90 Å². The Labute approximate surface area is 93.2 Å². The topological polar surface area (TPSA) is 84.2 Å². The van der Waals surface area contributed by atoms with Gasteiger partial charge in [-0.1, -0.05) is 12.1 Å². The van der Waals surface area contributed by atoms with Gasteiger partial charge in [-0.2, -0.15) is 5.26 Å². The van der Waals surface area contributed by atoms with E-state index in [0.29, 0.717) is 0 Å². The molecule has 0 aromatic heterocycles. The molecular formula is C10H9NO4S. The molecule has 0 aliphatic heterocycles. The van der Waals surface area contributed by atoms with E-state index in [2.05, 4.69) is 4.74 Å². The third-order valence-corrected chi connectivity index (χ3v) is 3.42. The minimum absolute atomic E-state index is 0.0553. The molecule has 0 bridgehead atoms. The first-order chi connectivity index (χ1) is 7.53. The Kier molecular flexibility index (Phi) is 3.64.